The molecule has 2 saturated heterocycles. The molecule has 0 spiro atoms. The molecule has 13 heteroatoms. The Balaban J connectivity index is 0.000000331. The fourth-order valence-electron chi connectivity index (χ4n) is 3.87. The summed E-state index contributed by atoms with van der Waals surface area (Å²) in [5, 5.41) is 4.05. The number of rotatable bonds is 6. The SMILES string of the molecule is C.CN(C)CC(=O)Cl.CN(C)CC(=O)N1CCN(c2ccc(Cl)nc2)CC1.Clc1ccc(N2CCNCC2)cn1. The van der Waals surface area contributed by atoms with E-state index in [0.717, 1.165) is 63.7 Å². The lowest BCUT2D eigenvalue weighted by Crippen LogP contribution is -2.50. The first-order valence-corrected chi connectivity index (χ1v) is 13.9. The van der Waals surface area contributed by atoms with Crippen LogP contribution >= 0.6 is 34.8 Å². The number of likely N-dealkylation sites (N-methyl/N-ethyl adjacent to an activating group) is 2. The third-order valence-electron chi connectivity index (χ3n) is 5.80. The average molecular weight is 618 g/mol. The van der Waals surface area contributed by atoms with Crippen LogP contribution in [0.1, 0.15) is 7.43 Å². The number of amides is 1. The maximum atomic E-state index is 11.9. The van der Waals surface area contributed by atoms with Crippen LogP contribution in [0.3, 0.4) is 0 Å². The highest BCUT2D eigenvalue weighted by Gasteiger charge is 2.21. The van der Waals surface area contributed by atoms with Gasteiger partial charge >= 0.3 is 0 Å². The molecule has 0 radical (unpaired) electrons. The molecule has 1 amide bonds. The molecule has 0 unspecified atom stereocenters. The average Bonchev–Trinajstić information content (AvgIpc) is 2.90. The Bertz CT molecular complexity index is 996. The van der Waals surface area contributed by atoms with Crippen molar-refractivity contribution in [1.82, 2.24) is 30.0 Å². The molecule has 4 heterocycles. The summed E-state index contributed by atoms with van der Waals surface area (Å²) >= 11 is 16.5. The molecule has 2 aromatic rings. The first-order chi connectivity index (χ1) is 18.5. The third kappa shape index (κ3) is 13.9. The highest BCUT2D eigenvalue weighted by molar-refractivity contribution is 6.64. The van der Waals surface area contributed by atoms with Gasteiger partial charge in [-0.05, 0) is 64.1 Å². The van der Waals surface area contributed by atoms with Crippen molar-refractivity contribution in [3.05, 3.63) is 47.0 Å². The van der Waals surface area contributed by atoms with Crippen LogP contribution in [-0.2, 0) is 9.59 Å². The lowest BCUT2D eigenvalue weighted by atomic mass is 10.2. The van der Waals surface area contributed by atoms with Crippen LogP contribution in [0, 0.1) is 0 Å². The van der Waals surface area contributed by atoms with Gasteiger partial charge in [0.25, 0.3) is 0 Å². The van der Waals surface area contributed by atoms with E-state index in [1.165, 1.54) is 0 Å². The van der Waals surface area contributed by atoms with Crippen LogP contribution in [0.2, 0.25) is 10.3 Å². The number of nitrogens with zero attached hydrogens (tertiary/aromatic N) is 7. The van der Waals surface area contributed by atoms with Crippen molar-refractivity contribution in [3.8, 4) is 0 Å². The van der Waals surface area contributed by atoms with Crippen molar-refractivity contribution in [1.29, 1.82) is 0 Å². The molecule has 0 aliphatic carbocycles. The number of piperazine rings is 2. The predicted molar refractivity (Wildman–Crippen MR) is 167 cm³/mol. The minimum absolute atomic E-state index is 0. The van der Waals surface area contributed by atoms with Crippen molar-refractivity contribution in [3.63, 3.8) is 0 Å². The molecule has 224 valence electrons. The van der Waals surface area contributed by atoms with Crippen molar-refractivity contribution in [2.24, 2.45) is 0 Å². The van der Waals surface area contributed by atoms with Crippen LogP contribution in [0.25, 0.3) is 0 Å². The summed E-state index contributed by atoms with van der Waals surface area (Å²) in [6.45, 7) is 8.16. The summed E-state index contributed by atoms with van der Waals surface area (Å²) in [7, 11) is 7.40. The van der Waals surface area contributed by atoms with Gasteiger partial charge < -0.3 is 29.8 Å². The highest BCUT2D eigenvalue weighted by atomic mass is 35.5. The monoisotopic (exact) mass is 616 g/mol. The van der Waals surface area contributed by atoms with Crippen LogP contribution in [0.5, 0.6) is 0 Å². The Morgan fingerprint density at radius 3 is 1.57 bits per heavy atom. The molecular weight excluding hydrogens is 575 g/mol. The number of carbonyl (C=O) groups is 2. The molecule has 0 atom stereocenters. The number of hydrogen-bond donors (Lipinski definition) is 1. The van der Waals surface area contributed by atoms with Crippen LogP contribution in [-0.4, -0.2) is 129 Å². The van der Waals surface area contributed by atoms with Crippen molar-refractivity contribution in [2.75, 3.05) is 103 Å². The van der Waals surface area contributed by atoms with E-state index in [2.05, 4.69) is 25.1 Å². The van der Waals surface area contributed by atoms with Gasteiger partial charge in [0.2, 0.25) is 11.1 Å². The number of hydrogen-bond acceptors (Lipinski definition) is 9. The quantitative estimate of drug-likeness (QED) is 0.388. The highest BCUT2D eigenvalue weighted by Crippen LogP contribution is 2.17. The molecule has 2 fully saturated rings. The molecule has 2 aliphatic rings. The van der Waals surface area contributed by atoms with Gasteiger partial charge in [-0.25, -0.2) is 9.97 Å². The third-order valence-corrected chi connectivity index (χ3v) is 6.36. The molecule has 10 nitrogen and oxygen atoms in total. The van der Waals surface area contributed by atoms with Gasteiger partial charge in [-0.15, -0.1) is 0 Å². The van der Waals surface area contributed by atoms with Gasteiger partial charge in [0.1, 0.15) is 10.3 Å². The number of pyridine rings is 2. The summed E-state index contributed by atoms with van der Waals surface area (Å²) in [4.78, 5) is 40.1. The number of halogens is 3. The molecule has 1 N–H and O–H groups in total. The number of carbonyl (C=O) groups excluding carboxylic acids is 2. The first kappa shape index (κ1) is 35.8. The normalized spacial score (nSPS) is 15.0. The Morgan fingerprint density at radius 1 is 0.775 bits per heavy atom. The van der Waals surface area contributed by atoms with E-state index >= 15 is 0 Å². The molecule has 40 heavy (non-hydrogen) atoms. The first-order valence-electron chi connectivity index (χ1n) is 12.7. The second-order valence-electron chi connectivity index (χ2n) is 9.61. The van der Waals surface area contributed by atoms with E-state index in [-0.39, 0.29) is 18.6 Å². The van der Waals surface area contributed by atoms with Gasteiger partial charge in [0, 0.05) is 52.4 Å². The molecule has 4 rings (SSSR count). The van der Waals surface area contributed by atoms with Crippen molar-refractivity contribution in [2.45, 2.75) is 7.43 Å². The predicted octanol–water partition coefficient (Wildman–Crippen LogP) is 3.04. The van der Waals surface area contributed by atoms with E-state index in [1.54, 1.807) is 31.3 Å². The maximum absolute atomic E-state index is 11.9. The Morgan fingerprint density at radius 2 is 1.23 bits per heavy atom. The maximum Gasteiger partial charge on any atom is 0.236 e. The van der Waals surface area contributed by atoms with Crippen LogP contribution in [0.4, 0.5) is 11.4 Å². The van der Waals surface area contributed by atoms with Crippen LogP contribution in [0.15, 0.2) is 36.7 Å². The zero-order valence-corrected chi connectivity index (χ0v) is 25.4. The minimum atomic E-state index is -0.315. The Kier molecular flexibility index (Phi) is 17.0. The zero-order valence-electron chi connectivity index (χ0n) is 23.1. The van der Waals surface area contributed by atoms with E-state index in [0.29, 0.717) is 23.4 Å². The lowest BCUT2D eigenvalue weighted by molar-refractivity contribution is -0.132. The number of aromatic nitrogens is 2. The van der Waals surface area contributed by atoms with E-state index < -0.39 is 0 Å². The number of anilines is 2. The van der Waals surface area contributed by atoms with E-state index in [9.17, 15) is 9.59 Å². The summed E-state index contributed by atoms with van der Waals surface area (Å²) < 4.78 is 0. The number of nitrogens with one attached hydrogen (secondary N) is 1. The smallest absolute Gasteiger partial charge is 0.236 e. The van der Waals surface area contributed by atoms with E-state index in [4.69, 9.17) is 34.8 Å². The zero-order chi connectivity index (χ0) is 28.8. The minimum Gasteiger partial charge on any atom is -0.368 e. The van der Waals surface area contributed by atoms with Crippen LogP contribution < -0.4 is 15.1 Å². The van der Waals surface area contributed by atoms with Gasteiger partial charge in [-0.1, -0.05) is 30.6 Å². The largest absolute Gasteiger partial charge is 0.368 e. The van der Waals surface area contributed by atoms with Crippen molar-refractivity contribution < 1.29 is 9.59 Å². The molecule has 0 saturated carbocycles. The van der Waals surface area contributed by atoms with E-state index in [1.807, 2.05) is 48.3 Å². The van der Waals surface area contributed by atoms with Gasteiger partial charge in [-0.2, -0.15) is 0 Å². The molecule has 2 aromatic heterocycles. The molecular formula is C27H43Cl3N8O2. The second-order valence-corrected chi connectivity index (χ2v) is 10.8. The fourth-order valence-corrected chi connectivity index (χ4v) is 4.33. The van der Waals surface area contributed by atoms with Crippen molar-refractivity contribution >= 4 is 57.3 Å². The Hall–Kier alpha value is -2.21. The molecule has 2 aliphatic heterocycles. The summed E-state index contributed by atoms with van der Waals surface area (Å²) in [6, 6.07) is 7.60. The molecule has 0 bridgehead atoms. The second kappa shape index (κ2) is 19.0. The van der Waals surface area contributed by atoms with Gasteiger partial charge in [0.05, 0.1) is 36.9 Å². The lowest BCUT2D eigenvalue weighted by Gasteiger charge is -2.36. The van der Waals surface area contributed by atoms with Gasteiger partial charge in [-0.3, -0.25) is 9.59 Å². The Labute approximate surface area is 254 Å². The fraction of sp³-hybridized carbons (Fsp3) is 0.556. The molecule has 0 aromatic carbocycles. The summed E-state index contributed by atoms with van der Waals surface area (Å²) in [6.07, 6.45) is 3.60. The summed E-state index contributed by atoms with van der Waals surface area (Å²) in [5.41, 5.74) is 2.22. The topological polar surface area (TPSA) is 88.2 Å². The standard InChI is InChI=1S/C13H19ClN4O.C9H12ClN3.C4H8ClNO.CH4/c1-16(2)10-13(19)18-7-5-17(6-8-18)11-3-4-12(14)15-9-11;10-9-2-1-8(7-12-9)13-5-3-11-4-6-13;1-6(2)3-4(5)7;/h3-4,9H,5-8,10H2,1-2H3;1-2,7,11H,3-6H2;3H2,1-2H3;1H4. The summed E-state index contributed by atoms with van der Waals surface area (Å²) in [5.74, 6) is 0.193. The van der Waals surface area contributed by atoms with Gasteiger partial charge in [0.15, 0.2) is 0 Å².